The van der Waals surface area contributed by atoms with Crippen molar-refractivity contribution in [2.24, 2.45) is 5.92 Å². The number of nitrogens with one attached hydrogen (secondary N) is 1. The van der Waals surface area contributed by atoms with E-state index in [1.807, 2.05) is 6.92 Å². The second kappa shape index (κ2) is 7.11. The van der Waals surface area contributed by atoms with Gasteiger partial charge in [0.1, 0.15) is 5.75 Å². The predicted octanol–water partition coefficient (Wildman–Crippen LogP) is 2.98. The molecule has 1 amide bonds. The number of benzene rings is 1. The zero-order valence-corrected chi connectivity index (χ0v) is 12.2. The number of carbonyl (C=O) groups excluding carboxylic acids is 1. The van der Waals surface area contributed by atoms with Crippen molar-refractivity contribution >= 4 is 17.6 Å². The summed E-state index contributed by atoms with van der Waals surface area (Å²) in [5, 5.41) is 11.5. The van der Waals surface area contributed by atoms with Gasteiger partial charge in [-0.25, -0.2) is 4.79 Å². The summed E-state index contributed by atoms with van der Waals surface area (Å²) < 4.78 is 5.11. The van der Waals surface area contributed by atoms with Crippen LogP contribution in [0.25, 0.3) is 0 Å². The molecule has 1 aromatic rings. The van der Waals surface area contributed by atoms with Crippen molar-refractivity contribution in [1.82, 2.24) is 0 Å². The minimum atomic E-state index is -1.01. The maximum Gasteiger partial charge on any atom is 0.341 e. The van der Waals surface area contributed by atoms with Crippen LogP contribution in [0, 0.1) is 12.8 Å². The van der Waals surface area contributed by atoms with Gasteiger partial charge in [0.15, 0.2) is 6.61 Å². The smallest absolute Gasteiger partial charge is 0.341 e. The van der Waals surface area contributed by atoms with Crippen molar-refractivity contribution in [3.05, 3.63) is 23.8 Å². The number of rotatable bonds is 5. The molecule has 1 aromatic carbocycles. The van der Waals surface area contributed by atoms with Crippen LogP contribution in [0.15, 0.2) is 18.2 Å². The SMILES string of the molecule is Cc1cc(OCC(=O)O)ccc1NC(=O)C1CCCCC1. The normalized spacial score (nSPS) is 15.5. The van der Waals surface area contributed by atoms with E-state index in [0.717, 1.165) is 36.9 Å². The lowest BCUT2D eigenvalue weighted by molar-refractivity contribution is -0.139. The standard InChI is InChI=1S/C16H21NO4/c1-11-9-13(21-10-15(18)19)7-8-14(11)17-16(20)12-5-3-2-4-6-12/h7-9,12H,2-6,10H2,1H3,(H,17,20)(H,18,19). The topological polar surface area (TPSA) is 75.6 Å². The molecule has 114 valence electrons. The predicted molar refractivity (Wildman–Crippen MR) is 79.5 cm³/mol. The molecule has 21 heavy (non-hydrogen) atoms. The number of amides is 1. The van der Waals surface area contributed by atoms with Crippen LogP contribution in [0.3, 0.4) is 0 Å². The van der Waals surface area contributed by atoms with Crippen molar-refractivity contribution in [3.63, 3.8) is 0 Å². The summed E-state index contributed by atoms with van der Waals surface area (Å²) in [6.45, 7) is 1.50. The lowest BCUT2D eigenvalue weighted by Crippen LogP contribution is -2.25. The van der Waals surface area contributed by atoms with E-state index in [9.17, 15) is 9.59 Å². The van der Waals surface area contributed by atoms with Gasteiger partial charge in [-0.05, 0) is 43.5 Å². The molecule has 5 heteroatoms. The molecule has 0 bridgehead atoms. The monoisotopic (exact) mass is 291 g/mol. The first-order valence-corrected chi connectivity index (χ1v) is 7.32. The Balaban J connectivity index is 1.96. The lowest BCUT2D eigenvalue weighted by atomic mass is 9.88. The van der Waals surface area contributed by atoms with Gasteiger partial charge in [-0.2, -0.15) is 0 Å². The zero-order chi connectivity index (χ0) is 15.2. The first-order valence-electron chi connectivity index (χ1n) is 7.32. The largest absolute Gasteiger partial charge is 0.482 e. The van der Waals surface area contributed by atoms with Gasteiger partial charge in [-0.15, -0.1) is 0 Å². The summed E-state index contributed by atoms with van der Waals surface area (Å²) in [4.78, 5) is 22.7. The zero-order valence-electron chi connectivity index (χ0n) is 12.2. The maximum atomic E-state index is 12.2. The van der Waals surface area contributed by atoms with Crippen LogP contribution in [-0.4, -0.2) is 23.6 Å². The van der Waals surface area contributed by atoms with Crippen molar-refractivity contribution in [1.29, 1.82) is 0 Å². The number of carboxylic acid groups (broad SMARTS) is 1. The van der Waals surface area contributed by atoms with Gasteiger partial charge >= 0.3 is 5.97 Å². The van der Waals surface area contributed by atoms with Crippen LogP contribution >= 0.6 is 0 Å². The molecule has 1 aliphatic carbocycles. The number of aryl methyl sites for hydroxylation is 1. The summed E-state index contributed by atoms with van der Waals surface area (Å²) in [6.07, 6.45) is 5.39. The van der Waals surface area contributed by atoms with Crippen molar-refractivity contribution in [2.75, 3.05) is 11.9 Å². The molecule has 1 fully saturated rings. The second-order valence-electron chi connectivity index (χ2n) is 5.48. The minimum absolute atomic E-state index is 0.0806. The molecule has 1 saturated carbocycles. The quantitative estimate of drug-likeness (QED) is 0.874. The van der Waals surface area contributed by atoms with Crippen LogP contribution in [0.5, 0.6) is 5.75 Å². The molecule has 1 aliphatic rings. The van der Waals surface area contributed by atoms with E-state index < -0.39 is 5.97 Å². The maximum absolute atomic E-state index is 12.2. The Morgan fingerprint density at radius 2 is 2.00 bits per heavy atom. The van der Waals surface area contributed by atoms with Gasteiger partial charge in [0.2, 0.25) is 5.91 Å². The number of aliphatic carboxylic acids is 1. The number of carbonyl (C=O) groups is 2. The average molecular weight is 291 g/mol. The Morgan fingerprint density at radius 1 is 1.29 bits per heavy atom. The Morgan fingerprint density at radius 3 is 2.62 bits per heavy atom. The molecule has 2 rings (SSSR count). The fraction of sp³-hybridized carbons (Fsp3) is 0.500. The van der Waals surface area contributed by atoms with Gasteiger partial charge in [-0.3, -0.25) is 4.79 Å². The molecule has 0 saturated heterocycles. The van der Waals surface area contributed by atoms with Crippen LogP contribution in [0.1, 0.15) is 37.7 Å². The summed E-state index contributed by atoms with van der Waals surface area (Å²) in [6, 6.07) is 5.17. The van der Waals surface area contributed by atoms with E-state index in [1.165, 1.54) is 6.42 Å². The van der Waals surface area contributed by atoms with Crippen LogP contribution in [-0.2, 0) is 9.59 Å². The Labute approximate surface area is 124 Å². The summed E-state index contributed by atoms with van der Waals surface area (Å²) in [5.41, 5.74) is 1.62. The highest BCUT2D eigenvalue weighted by atomic mass is 16.5. The second-order valence-corrected chi connectivity index (χ2v) is 5.48. The first kappa shape index (κ1) is 15.4. The molecule has 0 aliphatic heterocycles. The van der Waals surface area contributed by atoms with Gasteiger partial charge in [0.25, 0.3) is 0 Å². The van der Waals surface area contributed by atoms with Crippen LogP contribution < -0.4 is 10.1 Å². The van der Waals surface area contributed by atoms with Crippen molar-refractivity contribution in [2.45, 2.75) is 39.0 Å². The van der Waals surface area contributed by atoms with E-state index in [0.29, 0.717) is 5.75 Å². The average Bonchev–Trinajstić information content (AvgIpc) is 2.48. The fourth-order valence-corrected chi connectivity index (χ4v) is 2.61. The van der Waals surface area contributed by atoms with Crippen LogP contribution in [0.4, 0.5) is 5.69 Å². The molecule has 5 nitrogen and oxygen atoms in total. The number of hydrogen-bond donors (Lipinski definition) is 2. The Hall–Kier alpha value is -2.04. The number of ether oxygens (including phenoxy) is 1. The van der Waals surface area contributed by atoms with Gasteiger partial charge in [0, 0.05) is 11.6 Å². The highest BCUT2D eigenvalue weighted by Crippen LogP contribution is 2.27. The molecule has 0 heterocycles. The minimum Gasteiger partial charge on any atom is -0.482 e. The number of anilines is 1. The summed E-state index contributed by atoms with van der Waals surface area (Å²) in [7, 11) is 0. The van der Waals surface area contributed by atoms with Crippen LogP contribution in [0.2, 0.25) is 0 Å². The number of carboxylic acids is 1. The van der Waals surface area contributed by atoms with Gasteiger partial charge < -0.3 is 15.2 Å². The first-order chi connectivity index (χ1) is 10.1. The molecule has 0 unspecified atom stereocenters. The number of hydrogen-bond acceptors (Lipinski definition) is 3. The molecular formula is C16H21NO4. The third kappa shape index (κ3) is 4.48. The van der Waals surface area contributed by atoms with E-state index in [-0.39, 0.29) is 18.4 Å². The lowest BCUT2D eigenvalue weighted by Gasteiger charge is -2.21. The van der Waals surface area contributed by atoms with Crippen molar-refractivity contribution < 1.29 is 19.4 Å². The fourth-order valence-electron chi connectivity index (χ4n) is 2.61. The van der Waals surface area contributed by atoms with E-state index in [2.05, 4.69) is 5.32 Å². The van der Waals surface area contributed by atoms with Gasteiger partial charge in [-0.1, -0.05) is 19.3 Å². The molecule has 0 aromatic heterocycles. The molecule has 0 radical (unpaired) electrons. The Kier molecular flexibility index (Phi) is 5.20. The highest BCUT2D eigenvalue weighted by Gasteiger charge is 2.21. The third-order valence-electron chi connectivity index (χ3n) is 3.79. The van der Waals surface area contributed by atoms with E-state index >= 15 is 0 Å². The Bertz CT molecular complexity index is 521. The summed E-state index contributed by atoms with van der Waals surface area (Å²) in [5.74, 6) is -0.328. The van der Waals surface area contributed by atoms with E-state index in [4.69, 9.17) is 9.84 Å². The summed E-state index contributed by atoms with van der Waals surface area (Å²) >= 11 is 0. The third-order valence-corrected chi connectivity index (χ3v) is 3.79. The molecular weight excluding hydrogens is 270 g/mol. The van der Waals surface area contributed by atoms with Crippen molar-refractivity contribution in [3.8, 4) is 5.75 Å². The molecule has 0 spiro atoms. The highest BCUT2D eigenvalue weighted by molar-refractivity contribution is 5.93. The van der Waals surface area contributed by atoms with E-state index in [1.54, 1.807) is 18.2 Å². The molecule has 2 N–H and O–H groups in total. The molecule has 0 atom stereocenters. The van der Waals surface area contributed by atoms with Gasteiger partial charge in [0.05, 0.1) is 0 Å².